The first-order chi connectivity index (χ1) is 9.60. The van der Waals surface area contributed by atoms with Crippen molar-refractivity contribution in [3.8, 4) is 0 Å². The van der Waals surface area contributed by atoms with Crippen LogP contribution in [0.25, 0.3) is 0 Å². The van der Waals surface area contributed by atoms with E-state index in [4.69, 9.17) is 0 Å². The molecule has 2 rings (SSSR count). The number of rotatable bonds is 5. The molecule has 6 heteroatoms. The molecule has 0 aliphatic carbocycles. The van der Waals surface area contributed by atoms with Crippen LogP contribution < -0.4 is 10.6 Å². The lowest BCUT2D eigenvalue weighted by molar-refractivity contribution is -0.115. The highest BCUT2D eigenvalue weighted by Crippen LogP contribution is 2.21. The summed E-state index contributed by atoms with van der Waals surface area (Å²) in [6.07, 6.45) is 2.20. The number of carbonyl (C=O) groups is 1. The Bertz CT molecular complexity index is 605. The van der Waals surface area contributed by atoms with Crippen LogP contribution in [-0.2, 0) is 18.4 Å². The van der Waals surface area contributed by atoms with E-state index >= 15 is 0 Å². The lowest BCUT2D eigenvalue weighted by Gasteiger charge is -2.12. The van der Waals surface area contributed by atoms with Crippen molar-refractivity contribution < 1.29 is 4.79 Å². The van der Waals surface area contributed by atoms with Crippen molar-refractivity contribution in [3.63, 3.8) is 0 Å². The molecule has 0 aliphatic heterocycles. The maximum absolute atomic E-state index is 11.4. The Balaban J connectivity index is 2.08. The predicted molar refractivity (Wildman–Crippen MR) is 78.4 cm³/mol. The first-order valence-corrected chi connectivity index (χ1v) is 6.58. The van der Waals surface area contributed by atoms with Gasteiger partial charge in [-0.15, -0.1) is 5.10 Å². The molecular weight excluding hydrogens is 254 g/mol. The third-order valence-electron chi connectivity index (χ3n) is 3.11. The Labute approximate surface area is 118 Å². The van der Waals surface area contributed by atoms with E-state index in [-0.39, 0.29) is 5.91 Å². The van der Waals surface area contributed by atoms with Gasteiger partial charge in [-0.05, 0) is 24.6 Å². The molecule has 2 N–H and O–H groups in total. The summed E-state index contributed by atoms with van der Waals surface area (Å²) in [5.74, 6) is 0.00985. The first kappa shape index (κ1) is 14.0. The van der Waals surface area contributed by atoms with Crippen LogP contribution >= 0.6 is 0 Å². The molecule has 106 valence electrons. The van der Waals surface area contributed by atoms with E-state index in [1.807, 2.05) is 39.1 Å². The van der Waals surface area contributed by atoms with Gasteiger partial charge >= 0.3 is 0 Å². The molecular formula is C14H19N5O. The smallest absolute Gasteiger partial charge is 0.224 e. The number of nitrogens with one attached hydrogen (secondary N) is 2. The molecule has 1 heterocycles. The average molecular weight is 273 g/mol. The van der Waals surface area contributed by atoms with E-state index in [0.29, 0.717) is 13.0 Å². The van der Waals surface area contributed by atoms with Gasteiger partial charge in [0.15, 0.2) is 0 Å². The molecule has 1 amide bonds. The fourth-order valence-electron chi connectivity index (χ4n) is 1.80. The normalized spacial score (nSPS) is 10.3. The van der Waals surface area contributed by atoms with Gasteiger partial charge in [-0.3, -0.25) is 9.48 Å². The minimum Gasteiger partial charge on any atom is -0.379 e. The minimum absolute atomic E-state index is 0.00985. The van der Waals surface area contributed by atoms with Crippen molar-refractivity contribution in [2.24, 2.45) is 7.05 Å². The van der Waals surface area contributed by atoms with Crippen molar-refractivity contribution in [2.75, 3.05) is 10.6 Å². The first-order valence-electron chi connectivity index (χ1n) is 6.58. The molecule has 1 aromatic heterocycles. The monoisotopic (exact) mass is 273 g/mol. The Kier molecular flexibility index (Phi) is 4.34. The fraction of sp³-hybridized carbons (Fsp3) is 0.357. The van der Waals surface area contributed by atoms with Crippen LogP contribution in [0.4, 0.5) is 11.4 Å². The van der Waals surface area contributed by atoms with E-state index in [0.717, 1.165) is 22.6 Å². The van der Waals surface area contributed by atoms with Gasteiger partial charge in [-0.2, -0.15) is 0 Å². The molecule has 0 saturated carbocycles. The Morgan fingerprint density at radius 1 is 1.40 bits per heavy atom. The van der Waals surface area contributed by atoms with Gasteiger partial charge < -0.3 is 10.6 Å². The van der Waals surface area contributed by atoms with Gasteiger partial charge in [0, 0.05) is 24.8 Å². The number of amides is 1. The van der Waals surface area contributed by atoms with Gasteiger partial charge in [0.2, 0.25) is 5.91 Å². The van der Waals surface area contributed by atoms with Gasteiger partial charge in [-0.1, -0.05) is 18.2 Å². The van der Waals surface area contributed by atoms with E-state index in [1.165, 1.54) is 0 Å². The van der Waals surface area contributed by atoms with Crippen LogP contribution in [0, 0.1) is 6.92 Å². The zero-order chi connectivity index (χ0) is 14.5. The number of nitrogens with zero attached hydrogens (tertiary/aromatic N) is 3. The number of aryl methyl sites for hydroxylation is 2. The topological polar surface area (TPSA) is 71.8 Å². The Morgan fingerprint density at radius 2 is 2.20 bits per heavy atom. The molecule has 2 aromatic rings. The zero-order valence-electron chi connectivity index (χ0n) is 12.0. The van der Waals surface area contributed by atoms with Crippen LogP contribution in [0.1, 0.15) is 24.6 Å². The number of anilines is 2. The van der Waals surface area contributed by atoms with Gasteiger partial charge in [0.05, 0.1) is 18.4 Å². The van der Waals surface area contributed by atoms with E-state index in [2.05, 4.69) is 20.9 Å². The lowest BCUT2D eigenvalue weighted by Crippen LogP contribution is -2.10. The summed E-state index contributed by atoms with van der Waals surface area (Å²) >= 11 is 0. The summed E-state index contributed by atoms with van der Waals surface area (Å²) in [5, 5.41) is 13.9. The molecule has 6 nitrogen and oxygen atoms in total. The highest BCUT2D eigenvalue weighted by atomic mass is 16.1. The number of hydrogen-bond acceptors (Lipinski definition) is 4. The molecule has 20 heavy (non-hydrogen) atoms. The second-order valence-electron chi connectivity index (χ2n) is 4.63. The van der Waals surface area contributed by atoms with Crippen LogP contribution in [0.5, 0.6) is 0 Å². The maximum Gasteiger partial charge on any atom is 0.224 e. The molecule has 0 bridgehead atoms. The zero-order valence-corrected chi connectivity index (χ0v) is 12.0. The summed E-state index contributed by atoms with van der Waals surface area (Å²) in [6, 6.07) is 5.82. The van der Waals surface area contributed by atoms with Crippen molar-refractivity contribution in [1.29, 1.82) is 0 Å². The van der Waals surface area contributed by atoms with E-state index < -0.39 is 0 Å². The second kappa shape index (κ2) is 6.18. The molecule has 0 spiro atoms. The third-order valence-corrected chi connectivity index (χ3v) is 3.11. The summed E-state index contributed by atoms with van der Waals surface area (Å²) < 4.78 is 1.73. The fourth-order valence-corrected chi connectivity index (χ4v) is 1.80. The van der Waals surface area contributed by atoms with Crippen molar-refractivity contribution >= 4 is 17.3 Å². The molecule has 0 fully saturated rings. The SMILES string of the molecule is CCC(=O)Nc1ccc(C)c(NCc2cnnn2C)c1. The number of hydrogen-bond donors (Lipinski definition) is 2. The Hall–Kier alpha value is -2.37. The predicted octanol–water partition coefficient (Wildman–Crippen LogP) is 2.08. The Morgan fingerprint density at radius 3 is 2.85 bits per heavy atom. The third kappa shape index (κ3) is 3.34. The maximum atomic E-state index is 11.4. The van der Waals surface area contributed by atoms with Gasteiger partial charge in [0.25, 0.3) is 0 Å². The minimum atomic E-state index is 0.00985. The summed E-state index contributed by atoms with van der Waals surface area (Å²) in [6.45, 7) is 4.49. The number of benzene rings is 1. The molecule has 0 aliphatic rings. The molecule has 0 radical (unpaired) electrons. The molecule has 0 unspecified atom stereocenters. The van der Waals surface area contributed by atoms with E-state index in [1.54, 1.807) is 10.9 Å². The van der Waals surface area contributed by atoms with Crippen molar-refractivity contribution in [2.45, 2.75) is 26.8 Å². The van der Waals surface area contributed by atoms with Gasteiger partial charge in [0.1, 0.15) is 0 Å². The second-order valence-corrected chi connectivity index (χ2v) is 4.63. The van der Waals surface area contributed by atoms with Crippen molar-refractivity contribution in [1.82, 2.24) is 15.0 Å². The van der Waals surface area contributed by atoms with Crippen molar-refractivity contribution in [3.05, 3.63) is 35.7 Å². The summed E-state index contributed by atoms with van der Waals surface area (Å²) in [7, 11) is 1.86. The number of aromatic nitrogens is 3. The summed E-state index contributed by atoms with van der Waals surface area (Å²) in [5.41, 5.74) is 3.90. The molecule has 0 atom stereocenters. The van der Waals surface area contributed by atoms with Crippen LogP contribution in [0.15, 0.2) is 24.4 Å². The molecule has 1 aromatic carbocycles. The van der Waals surface area contributed by atoms with Crippen LogP contribution in [-0.4, -0.2) is 20.9 Å². The standard InChI is InChI=1S/C14H19N5O/c1-4-14(20)17-11-6-5-10(2)13(7-11)15-8-12-9-16-18-19(12)3/h5-7,9,15H,4,8H2,1-3H3,(H,17,20). The highest BCUT2D eigenvalue weighted by Gasteiger charge is 2.05. The number of carbonyl (C=O) groups excluding carboxylic acids is 1. The highest BCUT2D eigenvalue weighted by molar-refractivity contribution is 5.91. The van der Waals surface area contributed by atoms with Crippen LogP contribution in [0.3, 0.4) is 0 Å². The summed E-state index contributed by atoms with van der Waals surface area (Å²) in [4.78, 5) is 11.4. The average Bonchev–Trinajstić information content (AvgIpc) is 2.84. The van der Waals surface area contributed by atoms with E-state index in [9.17, 15) is 4.79 Å². The van der Waals surface area contributed by atoms with Crippen LogP contribution in [0.2, 0.25) is 0 Å². The quantitative estimate of drug-likeness (QED) is 0.875. The lowest BCUT2D eigenvalue weighted by atomic mass is 10.1. The largest absolute Gasteiger partial charge is 0.379 e. The molecule has 0 saturated heterocycles. The van der Waals surface area contributed by atoms with Gasteiger partial charge in [-0.25, -0.2) is 0 Å².